The quantitative estimate of drug-likeness (QED) is 0.663. The summed E-state index contributed by atoms with van der Waals surface area (Å²) in [7, 11) is 0. The Hall–Kier alpha value is -1.49. The van der Waals surface area contributed by atoms with Crippen LogP contribution in [0, 0.1) is 5.92 Å². The van der Waals surface area contributed by atoms with Crippen molar-refractivity contribution in [2.45, 2.75) is 37.5 Å². The van der Waals surface area contributed by atoms with E-state index in [4.69, 9.17) is 10.6 Å². The first-order valence-electron chi connectivity index (χ1n) is 7.31. The number of hydrazine groups is 1. The van der Waals surface area contributed by atoms with E-state index in [9.17, 15) is 0 Å². The van der Waals surface area contributed by atoms with Gasteiger partial charge in [-0.05, 0) is 37.0 Å². The Kier molecular flexibility index (Phi) is 2.95. The normalized spacial score (nSPS) is 29.9. The molecule has 4 heteroatoms. The predicted octanol–water partition coefficient (Wildman–Crippen LogP) is 2.31. The maximum absolute atomic E-state index is 5.97. The molecule has 3 heterocycles. The lowest BCUT2D eigenvalue weighted by atomic mass is 9.81. The van der Waals surface area contributed by atoms with E-state index in [1.807, 2.05) is 12.3 Å². The van der Waals surface area contributed by atoms with Crippen molar-refractivity contribution in [3.05, 3.63) is 42.1 Å². The molecule has 2 aromatic rings. The molecule has 4 atom stereocenters. The van der Waals surface area contributed by atoms with Gasteiger partial charge in [-0.1, -0.05) is 18.2 Å². The molecule has 2 bridgehead atoms. The smallest absolute Gasteiger partial charge is 0.0705 e. The molecule has 2 aliphatic heterocycles. The zero-order valence-electron chi connectivity index (χ0n) is 11.3. The van der Waals surface area contributed by atoms with Crippen LogP contribution in [0.3, 0.4) is 0 Å². The van der Waals surface area contributed by atoms with Crippen molar-refractivity contribution >= 4 is 10.9 Å². The summed E-state index contributed by atoms with van der Waals surface area (Å²) in [6, 6.07) is 10.6. The molecule has 1 aromatic carbocycles. The molecule has 4 unspecified atom stereocenters. The lowest BCUT2D eigenvalue weighted by molar-refractivity contribution is 0.0857. The lowest BCUT2D eigenvalue weighted by Gasteiger charge is -2.28. The first kappa shape index (κ1) is 12.3. The van der Waals surface area contributed by atoms with Crippen molar-refractivity contribution in [1.29, 1.82) is 0 Å². The van der Waals surface area contributed by atoms with Crippen LogP contribution in [0.5, 0.6) is 0 Å². The third kappa shape index (κ3) is 1.92. The van der Waals surface area contributed by atoms with Gasteiger partial charge in [-0.15, -0.1) is 0 Å². The fourth-order valence-corrected chi connectivity index (χ4v) is 3.77. The monoisotopic (exact) mass is 269 g/mol. The highest BCUT2D eigenvalue weighted by atomic mass is 16.5. The van der Waals surface area contributed by atoms with Gasteiger partial charge in [0, 0.05) is 17.5 Å². The molecule has 0 spiro atoms. The van der Waals surface area contributed by atoms with Crippen molar-refractivity contribution in [2.75, 3.05) is 0 Å². The second kappa shape index (κ2) is 4.81. The maximum atomic E-state index is 5.97. The molecule has 4 nitrogen and oxygen atoms in total. The molecule has 3 N–H and O–H groups in total. The molecule has 2 saturated heterocycles. The second-order valence-corrected chi connectivity index (χ2v) is 5.87. The molecule has 20 heavy (non-hydrogen) atoms. The fourth-order valence-electron chi connectivity index (χ4n) is 3.77. The summed E-state index contributed by atoms with van der Waals surface area (Å²) in [6.07, 6.45) is 6.12. The first-order valence-corrected chi connectivity index (χ1v) is 7.31. The van der Waals surface area contributed by atoms with Gasteiger partial charge in [-0.2, -0.15) is 0 Å². The summed E-state index contributed by atoms with van der Waals surface area (Å²) in [5.41, 5.74) is 5.23. The lowest BCUT2D eigenvalue weighted by Crippen LogP contribution is -2.37. The predicted molar refractivity (Wildman–Crippen MR) is 77.8 cm³/mol. The third-order valence-electron chi connectivity index (χ3n) is 4.75. The number of hydrogen-bond acceptors (Lipinski definition) is 4. The molecule has 104 valence electrons. The van der Waals surface area contributed by atoms with Gasteiger partial charge in [0.15, 0.2) is 0 Å². The molecule has 1 aromatic heterocycles. The largest absolute Gasteiger partial charge is 0.375 e. The van der Waals surface area contributed by atoms with Gasteiger partial charge < -0.3 is 4.74 Å². The van der Waals surface area contributed by atoms with Crippen LogP contribution in [0.2, 0.25) is 0 Å². The van der Waals surface area contributed by atoms with Crippen molar-refractivity contribution < 1.29 is 4.74 Å². The van der Waals surface area contributed by atoms with E-state index in [2.05, 4.69) is 34.7 Å². The van der Waals surface area contributed by atoms with Crippen molar-refractivity contribution in [3.8, 4) is 0 Å². The Morgan fingerprint density at radius 1 is 1.30 bits per heavy atom. The van der Waals surface area contributed by atoms with E-state index in [-0.39, 0.29) is 6.04 Å². The number of aromatic nitrogens is 1. The van der Waals surface area contributed by atoms with Crippen LogP contribution in [0.1, 0.15) is 30.9 Å². The minimum atomic E-state index is 0.150. The van der Waals surface area contributed by atoms with Crippen LogP contribution in [-0.2, 0) is 4.74 Å². The van der Waals surface area contributed by atoms with E-state index in [1.165, 1.54) is 18.4 Å². The van der Waals surface area contributed by atoms with E-state index in [1.54, 1.807) is 0 Å². The number of pyridine rings is 1. The van der Waals surface area contributed by atoms with Crippen LogP contribution in [-0.4, -0.2) is 17.2 Å². The number of nitrogens with two attached hydrogens (primary N) is 1. The summed E-state index contributed by atoms with van der Waals surface area (Å²) in [4.78, 5) is 4.43. The van der Waals surface area contributed by atoms with Crippen molar-refractivity contribution in [3.63, 3.8) is 0 Å². The molecule has 2 aliphatic rings. The number of benzene rings is 1. The standard InChI is InChI=1S/C16H19N3O/c17-19-16(13-9-12-5-6-15(13)20-12)11-4-3-10-2-1-7-18-14(10)8-11/h1-4,7-8,12-13,15-16,19H,5-6,9,17H2. The molecule has 0 radical (unpaired) electrons. The Labute approximate surface area is 118 Å². The number of ether oxygens (including phenoxy) is 1. The number of nitrogens with one attached hydrogen (secondary N) is 1. The van der Waals surface area contributed by atoms with Gasteiger partial charge in [-0.25, -0.2) is 0 Å². The summed E-state index contributed by atoms with van der Waals surface area (Å²) in [5, 5.41) is 1.16. The highest BCUT2D eigenvalue weighted by Crippen LogP contribution is 2.44. The van der Waals surface area contributed by atoms with E-state index < -0.39 is 0 Å². The molecular formula is C16H19N3O. The molecule has 0 aliphatic carbocycles. The van der Waals surface area contributed by atoms with E-state index >= 15 is 0 Å². The van der Waals surface area contributed by atoms with Crippen LogP contribution in [0.15, 0.2) is 36.5 Å². The van der Waals surface area contributed by atoms with Crippen LogP contribution in [0.25, 0.3) is 10.9 Å². The van der Waals surface area contributed by atoms with Gasteiger partial charge in [0.2, 0.25) is 0 Å². The highest BCUT2D eigenvalue weighted by molar-refractivity contribution is 5.79. The van der Waals surface area contributed by atoms with Gasteiger partial charge >= 0.3 is 0 Å². The summed E-state index contributed by atoms with van der Waals surface area (Å²) < 4.78 is 5.97. The Balaban J connectivity index is 1.68. The first-order chi connectivity index (χ1) is 9.85. The average molecular weight is 269 g/mol. The topological polar surface area (TPSA) is 60.2 Å². The molecular weight excluding hydrogens is 250 g/mol. The third-order valence-corrected chi connectivity index (χ3v) is 4.75. The Bertz CT molecular complexity index is 630. The summed E-state index contributed by atoms with van der Waals surface area (Å²) in [6.45, 7) is 0. The number of fused-ring (bicyclic) bond motifs is 3. The Morgan fingerprint density at radius 3 is 3.00 bits per heavy atom. The van der Waals surface area contributed by atoms with E-state index in [0.717, 1.165) is 17.3 Å². The molecule has 0 amide bonds. The zero-order chi connectivity index (χ0) is 13.5. The average Bonchev–Trinajstić information content (AvgIpc) is 3.11. The summed E-state index contributed by atoms with van der Waals surface area (Å²) >= 11 is 0. The fraction of sp³-hybridized carbons (Fsp3) is 0.438. The number of nitrogens with zero attached hydrogens (tertiary/aromatic N) is 1. The van der Waals surface area contributed by atoms with Crippen LogP contribution in [0.4, 0.5) is 0 Å². The minimum Gasteiger partial charge on any atom is -0.375 e. The van der Waals surface area contributed by atoms with Gasteiger partial charge in [-0.3, -0.25) is 16.3 Å². The Morgan fingerprint density at radius 2 is 2.25 bits per heavy atom. The van der Waals surface area contributed by atoms with E-state index in [0.29, 0.717) is 18.1 Å². The van der Waals surface area contributed by atoms with Crippen molar-refractivity contribution in [1.82, 2.24) is 10.4 Å². The summed E-state index contributed by atoms with van der Waals surface area (Å²) in [5.74, 6) is 6.31. The number of hydrogen-bond donors (Lipinski definition) is 2. The highest BCUT2D eigenvalue weighted by Gasteiger charge is 2.44. The van der Waals surface area contributed by atoms with Gasteiger partial charge in [0.05, 0.1) is 23.8 Å². The zero-order valence-corrected chi connectivity index (χ0v) is 11.3. The second-order valence-electron chi connectivity index (χ2n) is 5.87. The SMILES string of the molecule is NNC(c1ccc2cccnc2c1)C1CC2CCC1O2. The van der Waals surface area contributed by atoms with Crippen LogP contribution >= 0.6 is 0 Å². The molecule has 2 fully saturated rings. The van der Waals surface area contributed by atoms with Gasteiger partial charge in [0.25, 0.3) is 0 Å². The molecule has 0 saturated carbocycles. The minimum absolute atomic E-state index is 0.150. The van der Waals surface area contributed by atoms with Crippen LogP contribution < -0.4 is 11.3 Å². The van der Waals surface area contributed by atoms with Gasteiger partial charge in [0.1, 0.15) is 0 Å². The maximum Gasteiger partial charge on any atom is 0.0705 e. The molecule has 4 rings (SSSR count). The number of rotatable bonds is 3. The van der Waals surface area contributed by atoms with Crippen molar-refractivity contribution in [2.24, 2.45) is 11.8 Å².